The predicted molar refractivity (Wildman–Crippen MR) is 97.1 cm³/mol. The van der Waals surface area contributed by atoms with Crippen LogP contribution in [0.15, 0.2) is 35.1 Å². The summed E-state index contributed by atoms with van der Waals surface area (Å²) in [7, 11) is 0. The summed E-state index contributed by atoms with van der Waals surface area (Å²) in [4.78, 5) is 24.3. The summed E-state index contributed by atoms with van der Waals surface area (Å²) in [5.74, 6) is -2.12. The van der Waals surface area contributed by atoms with E-state index in [2.05, 4.69) is 21.0 Å². The molecule has 1 aromatic carbocycles. The minimum atomic E-state index is -1.85. The van der Waals surface area contributed by atoms with Crippen molar-refractivity contribution >= 4 is 39.5 Å². The molecule has 2 rings (SSSR count). The van der Waals surface area contributed by atoms with E-state index in [0.717, 1.165) is 4.47 Å². The van der Waals surface area contributed by atoms with Crippen molar-refractivity contribution in [3.8, 4) is 5.69 Å². The van der Waals surface area contributed by atoms with Gasteiger partial charge in [0.2, 0.25) is 0 Å². The number of benzene rings is 1. The van der Waals surface area contributed by atoms with Gasteiger partial charge in [-0.15, -0.1) is 0 Å². The van der Waals surface area contributed by atoms with Gasteiger partial charge in [0.1, 0.15) is 0 Å². The van der Waals surface area contributed by atoms with Crippen molar-refractivity contribution in [1.82, 2.24) is 9.78 Å². The lowest BCUT2D eigenvalue weighted by atomic mass is 9.82. The monoisotopic (exact) mass is 428 g/mol. The van der Waals surface area contributed by atoms with Crippen LogP contribution in [0.2, 0.25) is 5.02 Å². The number of carboxylic acids is 1. The molecular formula is C17H18BrClN2O4. The van der Waals surface area contributed by atoms with E-state index in [-0.39, 0.29) is 16.7 Å². The van der Waals surface area contributed by atoms with E-state index >= 15 is 0 Å². The van der Waals surface area contributed by atoms with Gasteiger partial charge in [-0.05, 0) is 53.9 Å². The third-order valence-corrected chi connectivity index (χ3v) is 4.75. The zero-order valence-electron chi connectivity index (χ0n) is 14.0. The Morgan fingerprint density at radius 3 is 2.64 bits per heavy atom. The summed E-state index contributed by atoms with van der Waals surface area (Å²) >= 11 is 9.60. The highest BCUT2D eigenvalue weighted by Gasteiger charge is 2.45. The predicted octanol–water partition coefficient (Wildman–Crippen LogP) is 3.97. The van der Waals surface area contributed by atoms with Gasteiger partial charge in [0.15, 0.2) is 5.41 Å². The highest BCUT2D eigenvalue weighted by Crippen LogP contribution is 2.32. The molecule has 2 aromatic rings. The number of carbonyl (C=O) groups is 2. The minimum absolute atomic E-state index is 0.244. The van der Waals surface area contributed by atoms with Crippen LogP contribution in [-0.2, 0) is 19.7 Å². The highest BCUT2D eigenvalue weighted by molar-refractivity contribution is 9.10. The second-order valence-corrected chi connectivity index (χ2v) is 7.15. The Hall–Kier alpha value is -1.86. The molecular weight excluding hydrogens is 412 g/mol. The number of halogens is 2. The summed E-state index contributed by atoms with van der Waals surface area (Å²) in [6, 6.07) is 4.62. The van der Waals surface area contributed by atoms with Crippen LogP contribution < -0.4 is 0 Å². The summed E-state index contributed by atoms with van der Waals surface area (Å²) in [5.41, 5.74) is -1.04. The van der Waals surface area contributed by atoms with Crippen molar-refractivity contribution in [3.63, 3.8) is 0 Å². The summed E-state index contributed by atoms with van der Waals surface area (Å²) in [6.07, 6.45) is 3.54. The maximum atomic E-state index is 12.5. The molecule has 8 heteroatoms. The van der Waals surface area contributed by atoms with E-state index < -0.39 is 17.4 Å². The fourth-order valence-electron chi connectivity index (χ4n) is 2.15. The molecule has 6 nitrogen and oxygen atoms in total. The van der Waals surface area contributed by atoms with E-state index in [1.165, 1.54) is 13.0 Å². The molecule has 0 fully saturated rings. The van der Waals surface area contributed by atoms with Gasteiger partial charge in [-0.2, -0.15) is 5.10 Å². The Bertz CT molecular complexity index is 808. The fourth-order valence-corrected chi connectivity index (χ4v) is 2.70. The van der Waals surface area contributed by atoms with Gasteiger partial charge in [0.05, 0.1) is 27.5 Å². The first-order valence-corrected chi connectivity index (χ1v) is 8.82. The number of rotatable bonds is 6. The molecule has 1 heterocycles. The number of carbonyl (C=O) groups excluding carboxylic acids is 1. The van der Waals surface area contributed by atoms with Crippen LogP contribution in [0.25, 0.3) is 5.69 Å². The molecule has 1 aromatic heterocycles. The Morgan fingerprint density at radius 1 is 1.48 bits per heavy atom. The topological polar surface area (TPSA) is 81.4 Å². The zero-order valence-corrected chi connectivity index (χ0v) is 16.3. The van der Waals surface area contributed by atoms with Crippen LogP contribution in [0.3, 0.4) is 0 Å². The normalized spacial score (nSPS) is 14.6. The fraction of sp³-hybridized carbons (Fsp3) is 0.353. The van der Waals surface area contributed by atoms with E-state index in [1.54, 1.807) is 36.1 Å². The van der Waals surface area contributed by atoms with Crippen molar-refractivity contribution < 1.29 is 19.4 Å². The maximum Gasteiger partial charge on any atom is 0.328 e. The van der Waals surface area contributed by atoms with Gasteiger partial charge in [-0.3, -0.25) is 9.59 Å². The summed E-state index contributed by atoms with van der Waals surface area (Å²) in [5, 5.41) is 14.1. The molecule has 0 aliphatic heterocycles. The first kappa shape index (κ1) is 19.5. The van der Waals surface area contributed by atoms with Crippen molar-refractivity contribution in [2.24, 2.45) is 0 Å². The quantitative estimate of drug-likeness (QED) is 0.555. The molecule has 0 saturated heterocycles. The molecule has 0 aliphatic rings. The molecule has 0 aliphatic carbocycles. The van der Waals surface area contributed by atoms with Gasteiger partial charge in [-0.1, -0.05) is 24.6 Å². The van der Waals surface area contributed by atoms with Crippen LogP contribution in [0.4, 0.5) is 0 Å². The third kappa shape index (κ3) is 3.88. The van der Waals surface area contributed by atoms with E-state index in [4.69, 9.17) is 16.3 Å². The molecule has 2 unspecified atom stereocenters. The molecule has 134 valence electrons. The second kappa shape index (κ2) is 7.58. The standard InChI is InChI=1S/C17H18BrClN2O4/c1-4-10(2)25-16(24)17(3,15(22)23)11-5-6-14(13(19)7-11)21-9-12(18)8-20-21/h5-10H,4H2,1-3H3,(H,22,23). The first-order valence-electron chi connectivity index (χ1n) is 7.65. The van der Waals surface area contributed by atoms with E-state index in [0.29, 0.717) is 12.1 Å². The molecule has 1 N–H and O–H groups in total. The average molecular weight is 430 g/mol. The second-order valence-electron chi connectivity index (χ2n) is 5.82. The number of nitrogens with zero attached hydrogens (tertiary/aromatic N) is 2. The van der Waals surface area contributed by atoms with Crippen molar-refractivity contribution in [3.05, 3.63) is 45.7 Å². The lowest BCUT2D eigenvalue weighted by Crippen LogP contribution is -2.43. The van der Waals surface area contributed by atoms with Gasteiger partial charge in [-0.25, -0.2) is 4.68 Å². The van der Waals surface area contributed by atoms with Crippen LogP contribution in [0.1, 0.15) is 32.8 Å². The Balaban J connectivity index is 2.44. The maximum absolute atomic E-state index is 12.5. The Morgan fingerprint density at radius 2 is 2.16 bits per heavy atom. The molecule has 0 amide bonds. The number of aliphatic carboxylic acids is 1. The SMILES string of the molecule is CCC(C)OC(=O)C(C)(C(=O)O)c1ccc(-n2cc(Br)cn2)c(Cl)c1. The largest absolute Gasteiger partial charge is 0.480 e. The molecule has 2 atom stereocenters. The smallest absolute Gasteiger partial charge is 0.328 e. The van der Waals surface area contributed by atoms with Crippen LogP contribution >= 0.6 is 27.5 Å². The van der Waals surface area contributed by atoms with Crippen LogP contribution in [0, 0.1) is 0 Å². The zero-order chi connectivity index (χ0) is 18.8. The molecule has 0 saturated carbocycles. The summed E-state index contributed by atoms with van der Waals surface area (Å²) in [6.45, 7) is 4.88. The highest BCUT2D eigenvalue weighted by atomic mass is 79.9. The van der Waals surface area contributed by atoms with Gasteiger partial charge in [0, 0.05) is 6.20 Å². The van der Waals surface area contributed by atoms with Gasteiger partial charge in [0.25, 0.3) is 0 Å². The number of carboxylic acid groups (broad SMARTS) is 1. The summed E-state index contributed by atoms with van der Waals surface area (Å²) < 4.78 is 7.58. The lowest BCUT2D eigenvalue weighted by molar-refractivity contribution is -0.164. The average Bonchev–Trinajstić information content (AvgIpc) is 2.99. The molecule has 0 bridgehead atoms. The number of ether oxygens (including phenoxy) is 1. The van der Waals surface area contributed by atoms with E-state index in [1.807, 2.05) is 6.92 Å². The molecule has 0 spiro atoms. The van der Waals surface area contributed by atoms with Crippen molar-refractivity contribution in [2.45, 2.75) is 38.7 Å². The van der Waals surface area contributed by atoms with Gasteiger partial charge >= 0.3 is 11.9 Å². The first-order chi connectivity index (χ1) is 11.7. The Labute approximate surface area is 158 Å². The van der Waals surface area contributed by atoms with Gasteiger partial charge < -0.3 is 9.84 Å². The third-order valence-electron chi connectivity index (χ3n) is 4.04. The number of esters is 1. The minimum Gasteiger partial charge on any atom is -0.480 e. The van der Waals surface area contributed by atoms with Crippen LogP contribution in [-0.4, -0.2) is 32.9 Å². The van der Waals surface area contributed by atoms with Crippen molar-refractivity contribution in [2.75, 3.05) is 0 Å². The lowest BCUT2D eigenvalue weighted by Gasteiger charge is -2.25. The molecule has 25 heavy (non-hydrogen) atoms. The van der Waals surface area contributed by atoms with E-state index in [9.17, 15) is 14.7 Å². The molecule has 0 radical (unpaired) electrons. The van der Waals surface area contributed by atoms with Crippen LogP contribution in [0.5, 0.6) is 0 Å². The van der Waals surface area contributed by atoms with Crippen molar-refractivity contribution in [1.29, 1.82) is 0 Å². The Kier molecular flexibility index (Phi) is 5.90. The number of hydrogen-bond donors (Lipinski definition) is 1. The number of hydrogen-bond acceptors (Lipinski definition) is 4. The number of aromatic nitrogens is 2.